The van der Waals surface area contributed by atoms with E-state index in [0.717, 1.165) is 11.5 Å². The van der Waals surface area contributed by atoms with Crippen LogP contribution < -0.4 is 9.47 Å². The van der Waals surface area contributed by atoms with Gasteiger partial charge in [-0.3, -0.25) is 0 Å². The molecule has 0 aliphatic carbocycles. The number of nitrogens with zero attached hydrogens (tertiary/aromatic N) is 3. The minimum absolute atomic E-state index is 0.0614. The zero-order chi connectivity index (χ0) is 25.1. The fourth-order valence-corrected chi connectivity index (χ4v) is 2.93. The zero-order valence-corrected chi connectivity index (χ0v) is 20.4. The van der Waals surface area contributed by atoms with E-state index in [9.17, 15) is 13.2 Å². The van der Waals surface area contributed by atoms with Crippen molar-refractivity contribution in [2.45, 2.75) is 47.1 Å². The van der Waals surface area contributed by atoms with Crippen LogP contribution in [0.2, 0.25) is 0 Å². The van der Waals surface area contributed by atoms with Gasteiger partial charge in [0.15, 0.2) is 15.8 Å². The number of pyridine rings is 1. The molecule has 0 saturated carbocycles. The van der Waals surface area contributed by atoms with Crippen LogP contribution in [0.25, 0.3) is 0 Å². The smallest absolute Gasteiger partial charge is 0.485 e. The third kappa shape index (κ3) is 7.59. The number of benzene rings is 1. The Hall–Kier alpha value is -2.46. The Labute approximate surface area is 188 Å². The molecule has 2 aromatic rings. The highest BCUT2D eigenvalue weighted by Crippen LogP contribution is 2.27. The maximum absolute atomic E-state index is 10.7. The molecule has 0 aliphatic rings. The fraction of sp³-hybridized carbons (Fsp3) is 0.455. The SMILES string of the molecule is Cc1cc(C)c(N=C([n+]2ccc(N(C)C)cc2)C(C)(C)C)c(C)c1.O=S(=O)([O-])C(F)(F)F. The van der Waals surface area contributed by atoms with E-state index in [1.165, 1.54) is 22.4 Å². The van der Waals surface area contributed by atoms with Gasteiger partial charge in [0.2, 0.25) is 0 Å². The van der Waals surface area contributed by atoms with E-state index in [1.807, 2.05) is 0 Å². The molecule has 10 heteroatoms. The molecule has 178 valence electrons. The molecule has 0 fully saturated rings. The Balaban J connectivity index is 0.000000547. The predicted octanol–water partition coefficient (Wildman–Crippen LogP) is 4.64. The molecular weight excluding hydrogens is 443 g/mol. The minimum atomic E-state index is -6.09. The van der Waals surface area contributed by atoms with E-state index in [2.05, 4.69) is 102 Å². The number of hydrogen-bond donors (Lipinski definition) is 0. The number of hydrogen-bond acceptors (Lipinski definition) is 5. The summed E-state index contributed by atoms with van der Waals surface area (Å²) in [5, 5.41) is 0. The van der Waals surface area contributed by atoms with Crippen LogP contribution in [-0.2, 0) is 10.1 Å². The Morgan fingerprint density at radius 3 is 1.72 bits per heavy atom. The van der Waals surface area contributed by atoms with Crippen molar-refractivity contribution in [1.82, 2.24) is 0 Å². The van der Waals surface area contributed by atoms with E-state index in [4.69, 9.17) is 18.0 Å². The molecule has 6 nitrogen and oxygen atoms in total. The molecular formula is C22H30F3N3O3S. The second-order valence-corrected chi connectivity index (χ2v) is 10.1. The summed E-state index contributed by atoms with van der Waals surface area (Å²) >= 11 is 0. The standard InChI is InChI=1S/C21H30N3.CHF3O3S/c1-15-13-16(2)19(17(3)14-15)22-20(21(4,5)6)24-11-9-18(10-12-24)23(7)8;2-1(3,4)8(5,6)7/h9-14H,1-8H3;(H,5,6,7)/q+1;/p-1. The van der Waals surface area contributed by atoms with Gasteiger partial charge in [-0.1, -0.05) is 17.7 Å². The van der Waals surface area contributed by atoms with Crippen LogP contribution in [0.1, 0.15) is 37.5 Å². The number of alkyl halides is 3. The van der Waals surface area contributed by atoms with Crippen LogP contribution in [0.3, 0.4) is 0 Å². The molecule has 0 amide bonds. The van der Waals surface area contributed by atoms with Gasteiger partial charge >= 0.3 is 11.3 Å². The van der Waals surface area contributed by atoms with E-state index in [1.54, 1.807) is 0 Å². The zero-order valence-electron chi connectivity index (χ0n) is 19.6. The van der Waals surface area contributed by atoms with E-state index < -0.39 is 15.6 Å². The Bertz CT molecular complexity index is 1050. The lowest BCUT2D eigenvalue weighted by atomic mass is 9.94. The number of aromatic nitrogens is 1. The number of rotatable bonds is 2. The third-order valence-corrected chi connectivity index (χ3v) is 4.95. The molecule has 1 aromatic carbocycles. The second-order valence-electron chi connectivity index (χ2n) is 8.69. The lowest BCUT2D eigenvalue weighted by molar-refractivity contribution is -0.562. The van der Waals surface area contributed by atoms with E-state index in [-0.39, 0.29) is 5.41 Å². The van der Waals surface area contributed by atoms with Crippen LogP contribution in [0.4, 0.5) is 24.5 Å². The summed E-state index contributed by atoms with van der Waals surface area (Å²) in [4.78, 5) is 7.18. The first-order valence-corrected chi connectivity index (χ1v) is 11.1. The summed E-state index contributed by atoms with van der Waals surface area (Å²) in [6.07, 6.45) is 4.19. The molecule has 32 heavy (non-hydrogen) atoms. The molecule has 0 saturated heterocycles. The van der Waals surface area contributed by atoms with Crippen molar-refractivity contribution < 1.29 is 30.7 Å². The molecule has 0 unspecified atom stereocenters. The molecule has 1 aromatic heterocycles. The molecule has 0 N–H and O–H groups in total. The molecule has 0 atom stereocenters. The average Bonchev–Trinajstić information content (AvgIpc) is 2.59. The van der Waals surface area contributed by atoms with Crippen LogP contribution in [0.15, 0.2) is 41.7 Å². The molecule has 1 heterocycles. The highest BCUT2D eigenvalue weighted by atomic mass is 32.2. The van der Waals surface area contributed by atoms with Crippen LogP contribution in [-0.4, -0.2) is 38.4 Å². The first-order chi connectivity index (χ1) is 14.3. The fourth-order valence-electron chi connectivity index (χ4n) is 2.93. The average molecular weight is 474 g/mol. The van der Waals surface area contributed by atoms with Crippen LogP contribution in [0.5, 0.6) is 0 Å². The van der Waals surface area contributed by atoms with Gasteiger partial charge in [-0.15, -0.1) is 0 Å². The lowest BCUT2D eigenvalue weighted by Gasteiger charge is -2.17. The largest absolute Gasteiger partial charge is 0.741 e. The van der Waals surface area contributed by atoms with Gasteiger partial charge in [0.05, 0.1) is 17.8 Å². The van der Waals surface area contributed by atoms with Crippen LogP contribution >= 0.6 is 0 Å². The van der Waals surface area contributed by atoms with Gasteiger partial charge in [0.1, 0.15) is 0 Å². The quantitative estimate of drug-likeness (QED) is 0.209. The monoisotopic (exact) mass is 473 g/mol. The highest BCUT2D eigenvalue weighted by Gasteiger charge is 2.37. The molecule has 0 aliphatic heterocycles. The Kier molecular flexibility index (Phi) is 8.61. The number of aryl methyl sites for hydroxylation is 3. The van der Waals surface area contributed by atoms with Crippen molar-refractivity contribution in [2.24, 2.45) is 10.4 Å². The normalized spacial score (nSPS) is 12.8. The molecule has 0 bridgehead atoms. The molecule has 0 radical (unpaired) electrons. The summed E-state index contributed by atoms with van der Waals surface area (Å²) in [5.74, 6) is 1.04. The van der Waals surface area contributed by atoms with Crippen molar-refractivity contribution in [2.75, 3.05) is 19.0 Å². The Morgan fingerprint density at radius 2 is 1.41 bits per heavy atom. The van der Waals surface area contributed by atoms with Crippen molar-refractivity contribution in [1.29, 1.82) is 0 Å². The third-order valence-electron chi connectivity index (χ3n) is 4.38. The first-order valence-electron chi connectivity index (χ1n) is 9.73. The molecule has 0 spiro atoms. The van der Waals surface area contributed by atoms with Crippen molar-refractivity contribution in [3.8, 4) is 0 Å². The maximum atomic E-state index is 10.7. The summed E-state index contributed by atoms with van der Waals surface area (Å²) in [5.41, 5.74) is 0.279. The van der Waals surface area contributed by atoms with Gasteiger partial charge in [-0.05, 0) is 46.5 Å². The van der Waals surface area contributed by atoms with E-state index >= 15 is 0 Å². The molecule has 2 rings (SSSR count). The van der Waals surface area contributed by atoms with Gasteiger partial charge in [0, 0.05) is 43.0 Å². The van der Waals surface area contributed by atoms with Crippen LogP contribution in [0, 0.1) is 26.2 Å². The summed E-state index contributed by atoms with van der Waals surface area (Å²) < 4.78 is 61.0. The van der Waals surface area contributed by atoms with Crippen molar-refractivity contribution >= 4 is 27.3 Å². The highest BCUT2D eigenvalue weighted by molar-refractivity contribution is 7.86. The van der Waals surface area contributed by atoms with Gasteiger partial charge in [0.25, 0.3) is 0 Å². The first kappa shape index (κ1) is 27.6. The Morgan fingerprint density at radius 1 is 1.00 bits per heavy atom. The summed E-state index contributed by atoms with van der Waals surface area (Å²) in [6.45, 7) is 13.0. The predicted molar refractivity (Wildman–Crippen MR) is 119 cm³/mol. The number of aliphatic imine (C=N–C) groups is 1. The minimum Gasteiger partial charge on any atom is -0.741 e. The van der Waals surface area contributed by atoms with Gasteiger partial charge in [-0.25, -0.2) is 13.0 Å². The van der Waals surface area contributed by atoms with Crippen molar-refractivity contribution in [3.63, 3.8) is 0 Å². The van der Waals surface area contributed by atoms with Gasteiger partial charge in [-0.2, -0.15) is 13.2 Å². The van der Waals surface area contributed by atoms with Gasteiger partial charge < -0.3 is 9.45 Å². The topological polar surface area (TPSA) is 76.7 Å². The summed E-state index contributed by atoms with van der Waals surface area (Å²) in [6, 6.07) is 8.64. The number of halogens is 3. The lowest BCUT2D eigenvalue weighted by Crippen LogP contribution is -2.49. The second kappa shape index (κ2) is 9.99. The van der Waals surface area contributed by atoms with E-state index in [0.29, 0.717) is 0 Å². The maximum Gasteiger partial charge on any atom is 0.485 e. The number of anilines is 1. The summed E-state index contributed by atoms with van der Waals surface area (Å²) in [7, 11) is -1.98. The van der Waals surface area contributed by atoms with Crippen molar-refractivity contribution in [3.05, 3.63) is 53.3 Å².